The number of ether oxygens (including phenoxy) is 1. The van der Waals surface area contributed by atoms with Gasteiger partial charge in [0.1, 0.15) is 5.82 Å². The van der Waals surface area contributed by atoms with Gasteiger partial charge in [-0.1, -0.05) is 6.07 Å². The summed E-state index contributed by atoms with van der Waals surface area (Å²) in [7, 11) is 0. The van der Waals surface area contributed by atoms with Crippen molar-refractivity contribution >= 4 is 11.8 Å². The molecule has 1 aromatic heterocycles. The minimum Gasteiger partial charge on any atom is -0.477 e. The van der Waals surface area contributed by atoms with Crippen molar-refractivity contribution < 1.29 is 14.6 Å². The van der Waals surface area contributed by atoms with Crippen LogP contribution in [0.5, 0.6) is 0 Å². The lowest BCUT2D eigenvalue weighted by Crippen LogP contribution is -2.36. The standard InChI is InChI=1S/C14H20N2O3/c1-14(2)8-10(6-7-19-14)9-15-12-5-3-4-11(16-12)13(17)18/h3-5,10H,6-9H2,1-2H3,(H,15,16)(H,17,18). The van der Waals surface area contributed by atoms with E-state index in [-0.39, 0.29) is 11.3 Å². The Labute approximate surface area is 113 Å². The van der Waals surface area contributed by atoms with Gasteiger partial charge >= 0.3 is 5.97 Å². The molecule has 1 atom stereocenters. The van der Waals surface area contributed by atoms with Gasteiger partial charge in [-0.3, -0.25) is 0 Å². The molecule has 2 N–H and O–H groups in total. The fourth-order valence-corrected chi connectivity index (χ4v) is 2.43. The molecule has 1 saturated heterocycles. The minimum absolute atomic E-state index is 0.0670. The zero-order valence-electron chi connectivity index (χ0n) is 11.3. The van der Waals surface area contributed by atoms with E-state index in [1.54, 1.807) is 12.1 Å². The molecule has 2 heterocycles. The number of anilines is 1. The Morgan fingerprint density at radius 1 is 1.58 bits per heavy atom. The predicted molar refractivity (Wildman–Crippen MR) is 72.4 cm³/mol. The van der Waals surface area contributed by atoms with Crippen LogP contribution in [0.3, 0.4) is 0 Å². The third-order valence-corrected chi connectivity index (χ3v) is 3.34. The first-order chi connectivity index (χ1) is 8.96. The summed E-state index contributed by atoms with van der Waals surface area (Å²) in [5, 5.41) is 12.1. The van der Waals surface area contributed by atoms with E-state index >= 15 is 0 Å². The molecule has 0 bridgehead atoms. The second-order valence-corrected chi connectivity index (χ2v) is 5.56. The number of aromatic carboxylic acids is 1. The van der Waals surface area contributed by atoms with Crippen LogP contribution >= 0.6 is 0 Å². The van der Waals surface area contributed by atoms with Gasteiger partial charge in [0.05, 0.1) is 5.60 Å². The third-order valence-electron chi connectivity index (χ3n) is 3.34. The van der Waals surface area contributed by atoms with Crippen LogP contribution in [0.25, 0.3) is 0 Å². The van der Waals surface area contributed by atoms with Crippen molar-refractivity contribution in [1.82, 2.24) is 4.98 Å². The third kappa shape index (κ3) is 3.92. The van der Waals surface area contributed by atoms with Gasteiger partial charge in [-0.15, -0.1) is 0 Å². The Hall–Kier alpha value is -1.62. The van der Waals surface area contributed by atoms with Crippen molar-refractivity contribution in [2.24, 2.45) is 5.92 Å². The summed E-state index contributed by atoms with van der Waals surface area (Å²) in [6.45, 7) is 5.77. The summed E-state index contributed by atoms with van der Waals surface area (Å²) >= 11 is 0. The van der Waals surface area contributed by atoms with Gasteiger partial charge < -0.3 is 15.2 Å². The quantitative estimate of drug-likeness (QED) is 0.873. The molecule has 1 aliphatic heterocycles. The topological polar surface area (TPSA) is 71.5 Å². The number of rotatable bonds is 4. The molecule has 19 heavy (non-hydrogen) atoms. The number of hydrogen-bond donors (Lipinski definition) is 2. The first-order valence-corrected chi connectivity index (χ1v) is 6.54. The van der Waals surface area contributed by atoms with Gasteiger partial charge in [0.25, 0.3) is 0 Å². The van der Waals surface area contributed by atoms with E-state index in [2.05, 4.69) is 24.1 Å². The molecule has 0 aliphatic carbocycles. The van der Waals surface area contributed by atoms with E-state index in [0.717, 1.165) is 26.0 Å². The van der Waals surface area contributed by atoms with Crippen molar-refractivity contribution in [1.29, 1.82) is 0 Å². The van der Waals surface area contributed by atoms with E-state index in [0.29, 0.717) is 11.7 Å². The molecule has 0 amide bonds. The molecular weight excluding hydrogens is 244 g/mol. The molecule has 1 fully saturated rings. The monoisotopic (exact) mass is 264 g/mol. The first kappa shape index (κ1) is 13.8. The number of aromatic nitrogens is 1. The number of carboxylic acid groups (broad SMARTS) is 1. The number of nitrogens with one attached hydrogen (secondary N) is 1. The predicted octanol–water partition coefficient (Wildman–Crippen LogP) is 2.40. The lowest BCUT2D eigenvalue weighted by atomic mass is 9.88. The smallest absolute Gasteiger partial charge is 0.354 e. The molecule has 5 heteroatoms. The fraction of sp³-hybridized carbons (Fsp3) is 0.571. The highest BCUT2D eigenvalue weighted by atomic mass is 16.5. The average Bonchev–Trinajstić information content (AvgIpc) is 2.35. The van der Waals surface area contributed by atoms with E-state index in [1.807, 2.05) is 0 Å². The Balaban J connectivity index is 1.91. The van der Waals surface area contributed by atoms with Crippen LogP contribution in [-0.4, -0.2) is 34.8 Å². The molecule has 0 spiro atoms. The van der Waals surface area contributed by atoms with E-state index in [9.17, 15) is 4.79 Å². The van der Waals surface area contributed by atoms with Gasteiger partial charge in [0, 0.05) is 13.2 Å². The van der Waals surface area contributed by atoms with Crippen molar-refractivity contribution in [3.63, 3.8) is 0 Å². The number of nitrogens with zero attached hydrogens (tertiary/aromatic N) is 1. The Morgan fingerprint density at radius 3 is 3.05 bits per heavy atom. The summed E-state index contributed by atoms with van der Waals surface area (Å²) in [6.07, 6.45) is 2.02. The summed E-state index contributed by atoms with van der Waals surface area (Å²) in [4.78, 5) is 14.9. The minimum atomic E-state index is -1.00. The molecule has 104 valence electrons. The molecule has 0 radical (unpaired) electrons. The molecule has 1 unspecified atom stereocenters. The van der Waals surface area contributed by atoms with Gasteiger partial charge in [0.2, 0.25) is 0 Å². The maximum atomic E-state index is 10.8. The number of hydrogen-bond acceptors (Lipinski definition) is 4. The SMILES string of the molecule is CC1(C)CC(CNc2cccc(C(=O)O)n2)CCO1. The highest BCUT2D eigenvalue weighted by Gasteiger charge is 2.28. The van der Waals surface area contributed by atoms with E-state index in [4.69, 9.17) is 9.84 Å². The fourth-order valence-electron chi connectivity index (χ4n) is 2.43. The van der Waals surface area contributed by atoms with Gasteiger partial charge in [0.15, 0.2) is 5.69 Å². The Morgan fingerprint density at radius 2 is 2.37 bits per heavy atom. The van der Waals surface area contributed by atoms with Crippen LogP contribution in [0.4, 0.5) is 5.82 Å². The van der Waals surface area contributed by atoms with Crippen LogP contribution in [0.1, 0.15) is 37.2 Å². The second kappa shape index (κ2) is 5.57. The van der Waals surface area contributed by atoms with Gasteiger partial charge in [-0.05, 0) is 44.7 Å². The molecule has 2 rings (SSSR count). The average molecular weight is 264 g/mol. The van der Waals surface area contributed by atoms with Gasteiger partial charge in [-0.25, -0.2) is 9.78 Å². The van der Waals surface area contributed by atoms with Gasteiger partial charge in [-0.2, -0.15) is 0 Å². The summed E-state index contributed by atoms with van der Waals surface area (Å²) in [6, 6.07) is 4.98. The summed E-state index contributed by atoms with van der Waals surface area (Å²) in [5.74, 6) is 0.138. The van der Waals surface area contributed by atoms with Crippen molar-refractivity contribution in [2.45, 2.75) is 32.3 Å². The molecule has 0 saturated carbocycles. The van der Waals surface area contributed by atoms with Crippen molar-refractivity contribution in [3.8, 4) is 0 Å². The van der Waals surface area contributed by atoms with Crippen LogP contribution < -0.4 is 5.32 Å². The lowest BCUT2D eigenvalue weighted by Gasteiger charge is -2.35. The van der Waals surface area contributed by atoms with Crippen molar-refractivity contribution in [3.05, 3.63) is 23.9 Å². The Bertz CT molecular complexity index is 460. The normalized spacial score (nSPS) is 21.9. The zero-order valence-corrected chi connectivity index (χ0v) is 11.3. The molecule has 1 aliphatic rings. The number of pyridine rings is 1. The summed E-state index contributed by atoms with van der Waals surface area (Å²) in [5.41, 5.74) is -0.00156. The highest BCUT2D eigenvalue weighted by Crippen LogP contribution is 2.28. The zero-order chi connectivity index (χ0) is 13.9. The van der Waals surface area contributed by atoms with E-state index in [1.165, 1.54) is 6.07 Å². The molecule has 5 nitrogen and oxygen atoms in total. The van der Waals surface area contributed by atoms with Crippen molar-refractivity contribution in [2.75, 3.05) is 18.5 Å². The molecule has 1 aromatic rings. The van der Waals surface area contributed by atoms with Crippen LogP contribution in [0, 0.1) is 5.92 Å². The highest BCUT2D eigenvalue weighted by molar-refractivity contribution is 5.85. The van der Waals surface area contributed by atoms with Crippen LogP contribution in [0.15, 0.2) is 18.2 Å². The number of carboxylic acids is 1. The molecule has 0 aromatic carbocycles. The summed E-state index contributed by atoms with van der Waals surface area (Å²) < 4.78 is 5.68. The van der Waals surface area contributed by atoms with Crippen LogP contribution in [0.2, 0.25) is 0 Å². The van der Waals surface area contributed by atoms with Crippen LogP contribution in [-0.2, 0) is 4.74 Å². The maximum Gasteiger partial charge on any atom is 0.354 e. The number of carbonyl (C=O) groups is 1. The first-order valence-electron chi connectivity index (χ1n) is 6.54. The molecular formula is C14H20N2O3. The second-order valence-electron chi connectivity index (χ2n) is 5.56. The Kier molecular flexibility index (Phi) is 4.04. The van der Waals surface area contributed by atoms with E-state index < -0.39 is 5.97 Å². The largest absolute Gasteiger partial charge is 0.477 e. The maximum absolute atomic E-state index is 10.8. The lowest BCUT2D eigenvalue weighted by molar-refractivity contribution is -0.0699.